The number of carbonyl (C=O) groups is 1. The monoisotopic (exact) mass is 257 g/mol. The summed E-state index contributed by atoms with van der Waals surface area (Å²) in [7, 11) is 0. The van der Waals surface area contributed by atoms with Crippen molar-refractivity contribution in [2.75, 3.05) is 24.6 Å². The van der Waals surface area contributed by atoms with Gasteiger partial charge in [-0.25, -0.2) is 4.98 Å². The second-order valence-corrected chi connectivity index (χ2v) is 4.97. The molecule has 17 heavy (non-hydrogen) atoms. The highest BCUT2D eigenvalue weighted by molar-refractivity contribution is 7.14. The Bertz CT molecular complexity index is 403. The van der Waals surface area contributed by atoms with Crippen LogP contribution in [-0.2, 0) is 0 Å². The van der Waals surface area contributed by atoms with E-state index in [1.165, 1.54) is 11.3 Å². The zero-order chi connectivity index (χ0) is 12.4. The van der Waals surface area contributed by atoms with E-state index in [1.807, 2.05) is 4.90 Å². The summed E-state index contributed by atoms with van der Waals surface area (Å²) in [6.07, 6.45) is -0.286. The summed E-state index contributed by atoms with van der Waals surface area (Å²) in [5, 5.41) is 23.1. The molecule has 1 atom stereocenters. The summed E-state index contributed by atoms with van der Waals surface area (Å²) in [4.78, 5) is 17.8. The Morgan fingerprint density at radius 1 is 1.76 bits per heavy atom. The fourth-order valence-corrected chi connectivity index (χ4v) is 2.29. The van der Waals surface area contributed by atoms with E-state index in [9.17, 15) is 9.90 Å². The lowest BCUT2D eigenvalue weighted by molar-refractivity contribution is 0.0918. The van der Waals surface area contributed by atoms with E-state index in [4.69, 9.17) is 5.11 Å². The van der Waals surface area contributed by atoms with Gasteiger partial charge < -0.3 is 20.4 Å². The number of nitrogens with one attached hydrogen (secondary N) is 1. The van der Waals surface area contributed by atoms with Crippen LogP contribution < -0.4 is 10.2 Å². The van der Waals surface area contributed by atoms with Gasteiger partial charge in [-0.1, -0.05) is 0 Å². The molecule has 6 nitrogen and oxygen atoms in total. The Morgan fingerprint density at radius 3 is 3.06 bits per heavy atom. The molecule has 3 N–H and O–H groups in total. The molecule has 7 heteroatoms. The van der Waals surface area contributed by atoms with E-state index < -0.39 is 0 Å². The molecule has 0 radical (unpaired) electrons. The van der Waals surface area contributed by atoms with E-state index in [0.29, 0.717) is 18.8 Å². The second-order valence-electron chi connectivity index (χ2n) is 4.13. The first-order chi connectivity index (χ1) is 8.10. The van der Waals surface area contributed by atoms with Crippen LogP contribution in [0.4, 0.5) is 5.13 Å². The number of hydrogen-bond donors (Lipinski definition) is 3. The third-order valence-electron chi connectivity index (χ3n) is 2.51. The fraction of sp³-hybridized carbons (Fsp3) is 0.600. The van der Waals surface area contributed by atoms with E-state index in [2.05, 4.69) is 10.3 Å². The number of β-amino-alcohol motifs (C(OH)–C–C–N with tert-alkyl or cyclic N) is 1. The lowest BCUT2D eigenvalue weighted by Gasteiger charge is -2.35. The molecule has 1 aliphatic rings. The lowest BCUT2D eigenvalue weighted by atomic mass is 10.2. The molecule has 1 aromatic rings. The molecule has 1 saturated heterocycles. The number of hydrogen-bond acceptors (Lipinski definition) is 6. The van der Waals surface area contributed by atoms with Gasteiger partial charge in [-0.15, -0.1) is 11.3 Å². The van der Waals surface area contributed by atoms with Crippen LogP contribution in [0.3, 0.4) is 0 Å². The summed E-state index contributed by atoms with van der Waals surface area (Å²) in [5.41, 5.74) is 0.353. The molecular weight excluding hydrogens is 242 g/mol. The van der Waals surface area contributed by atoms with Gasteiger partial charge in [0.1, 0.15) is 5.69 Å². The molecule has 1 aromatic heterocycles. The Hall–Kier alpha value is -1.18. The van der Waals surface area contributed by atoms with Crippen LogP contribution >= 0.6 is 11.3 Å². The Balaban J connectivity index is 1.95. The molecular formula is C10H15N3O3S. The molecule has 0 saturated carbocycles. The van der Waals surface area contributed by atoms with Crippen molar-refractivity contribution in [3.05, 3.63) is 11.1 Å². The summed E-state index contributed by atoms with van der Waals surface area (Å²) >= 11 is 1.38. The first-order valence-electron chi connectivity index (χ1n) is 5.40. The summed E-state index contributed by atoms with van der Waals surface area (Å²) < 4.78 is 0. The number of nitrogens with zero attached hydrogens (tertiary/aromatic N) is 2. The van der Waals surface area contributed by atoms with Crippen LogP contribution in [0.2, 0.25) is 0 Å². The average molecular weight is 257 g/mol. The molecule has 2 heterocycles. The molecule has 1 fully saturated rings. The van der Waals surface area contributed by atoms with Gasteiger partial charge in [-0.2, -0.15) is 0 Å². The highest BCUT2D eigenvalue weighted by Gasteiger charge is 2.27. The first kappa shape index (κ1) is 12.3. The molecule has 0 spiro atoms. The van der Waals surface area contributed by atoms with Crippen LogP contribution in [-0.4, -0.2) is 52.9 Å². The number of amides is 1. The van der Waals surface area contributed by atoms with Gasteiger partial charge in [0.2, 0.25) is 0 Å². The van der Waals surface area contributed by atoms with Gasteiger partial charge in [-0.3, -0.25) is 4.79 Å². The third-order valence-corrected chi connectivity index (χ3v) is 3.41. The molecule has 2 rings (SSSR count). The summed E-state index contributed by atoms with van der Waals surface area (Å²) in [6.45, 7) is 2.77. The molecule has 1 amide bonds. The van der Waals surface area contributed by atoms with Crippen molar-refractivity contribution in [1.82, 2.24) is 10.3 Å². The van der Waals surface area contributed by atoms with Crippen molar-refractivity contribution in [3.8, 4) is 0 Å². The largest absolute Gasteiger partial charge is 0.394 e. The van der Waals surface area contributed by atoms with E-state index in [-0.39, 0.29) is 24.7 Å². The number of thiazole rings is 1. The Kier molecular flexibility index (Phi) is 3.60. The molecule has 94 valence electrons. The van der Waals surface area contributed by atoms with Gasteiger partial charge in [0.15, 0.2) is 5.13 Å². The normalized spacial score (nSPS) is 17.7. The fourth-order valence-electron chi connectivity index (χ4n) is 1.47. The van der Waals surface area contributed by atoms with Gasteiger partial charge in [0.05, 0.1) is 12.7 Å². The van der Waals surface area contributed by atoms with E-state index >= 15 is 0 Å². The van der Waals surface area contributed by atoms with Crippen molar-refractivity contribution in [2.45, 2.75) is 19.1 Å². The van der Waals surface area contributed by atoms with Crippen LogP contribution in [0.25, 0.3) is 0 Å². The van der Waals surface area contributed by atoms with Gasteiger partial charge in [-0.05, 0) is 6.92 Å². The minimum Gasteiger partial charge on any atom is -0.394 e. The standard InChI is InChI=1S/C10H15N3O3S/c1-6(4-14)11-9(16)8-5-17-10(12-8)13-2-7(15)3-13/h5-7,14-15H,2-4H2,1H3,(H,11,16)/t6-/m0/s1. The van der Waals surface area contributed by atoms with Crippen LogP contribution in [0.5, 0.6) is 0 Å². The van der Waals surface area contributed by atoms with E-state index in [0.717, 1.165) is 5.13 Å². The van der Waals surface area contributed by atoms with Crippen molar-refractivity contribution >= 4 is 22.4 Å². The van der Waals surface area contributed by atoms with Crippen LogP contribution in [0.1, 0.15) is 17.4 Å². The predicted octanol–water partition coefficient (Wildman–Crippen LogP) is -0.565. The number of rotatable bonds is 4. The van der Waals surface area contributed by atoms with Crippen LogP contribution in [0.15, 0.2) is 5.38 Å². The smallest absolute Gasteiger partial charge is 0.271 e. The summed E-state index contributed by atoms with van der Waals surface area (Å²) in [6, 6.07) is -0.279. The van der Waals surface area contributed by atoms with Crippen molar-refractivity contribution < 1.29 is 15.0 Å². The van der Waals surface area contributed by atoms with E-state index in [1.54, 1.807) is 12.3 Å². The topological polar surface area (TPSA) is 85.7 Å². The van der Waals surface area contributed by atoms with Crippen molar-refractivity contribution in [1.29, 1.82) is 0 Å². The number of aliphatic hydroxyl groups is 2. The quantitative estimate of drug-likeness (QED) is 0.673. The molecule has 0 bridgehead atoms. The molecule has 0 unspecified atom stereocenters. The van der Waals surface area contributed by atoms with Gasteiger partial charge in [0.25, 0.3) is 5.91 Å². The first-order valence-corrected chi connectivity index (χ1v) is 6.28. The maximum absolute atomic E-state index is 11.7. The predicted molar refractivity (Wildman–Crippen MR) is 64.3 cm³/mol. The van der Waals surface area contributed by atoms with Gasteiger partial charge >= 0.3 is 0 Å². The minimum absolute atomic E-state index is 0.0962. The maximum atomic E-state index is 11.7. The SMILES string of the molecule is C[C@@H](CO)NC(=O)c1csc(N2CC(O)C2)n1. The second kappa shape index (κ2) is 4.99. The average Bonchev–Trinajstić information content (AvgIpc) is 2.73. The summed E-state index contributed by atoms with van der Waals surface area (Å²) in [5.74, 6) is -0.282. The third kappa shape index (κ3) is 2.74. The van der Waals surface area contributed by atoms with Gasteiger partial charge in [0, 0.05) is 24.5 Å². The highest BCUT2D eigenvalue weighted by Crippen LogP contribution is 2.24. The Morgan fingerprint density at radius 2 is 2.47 bits per heavy atom. The molecule has 1 aliphatic heterocycles. The zero-order valence-corrected chi connectivity index (χ0v) is 10.3. The number of anilines is 1. The minimum atomic E-state index is -0.286. The Labute approximate surface area is 103 Å². The van der Waals surface area contributed by atoms with Crippen molar-refractivity contribution in [2.24, 2.45) is 0 Å². The molecule has 0 aliphatic carbocycles. The molecule has 0 aromatic carbocycles. The lowest BCUT2D eigenvalue weighted by Crippen LogP contribution is -2.50. The van der Waals surface area contributed by atoms with Crippen molar-refractivity contribution in [3.63, 3.8) is 0 Å². The highest BCUT2D eigenvalue weighted by atomic mass is 32.1. The number of aliphatic hydroxyl groups excluding tert-OH is 2. The van der Waals surface area contributed by atoms with Crippen LogP contribution in [0, 0.1) is 0 Å². The number of aromatic nitrogens is 1. The maximum Gasteiger partial charge on any atom is 0.271 e. The zero-order valence-electron chi connectivity index (χ0n) is 9.46. The number of carbonyl (C=O) groups excluding carboxylic acids is 1.